The zero-order valence-corrected chi connectivity index (χ0v) is 10.3. The first-order valence-electron chi connectivity index (χ1n) is 5.34. The van der Waals surface area contributed by atoms with Crippen LogP contribution in [0.3, 0.4) is 0 Å². The molecule has 4 heteroatoms. The Morgan fingerprint density at radius 2 is 2.06 bits per heavy atom. The molecular formula is C12H17ClFNO. The highest BCUT2D eigenvalue weighted by molar-refractivity contribution is 6.30. The minimum absolute atomic E-state index is 0.278. The van der Waals surface area contributed by atoms with Gasteiger partial charge in [-0.25, -0.2) is 4.39 Å². The second-order valence-electron chi connectivity index (χ2n) is 4.23. The Bertz CT molecular complexity index is 344. The molecule has 0 aliphatic heterocycles. The van der Waals surface area contributed by atoms with Crippen LogP contribution in [0.1, 0.15) is 25.5 Å². The number of hydrogen-bond donors (Lipinski definition) is 2. The third-order valence-electron chi connectivity index (χ3n) is 2.21. The highest BCUT2D eigenvalue weighted by atomic mass is 35.5. The third-order valence-corrected chi connectivity index (χ3v) is 2.45. The van der Waals surface area contributed by atoms with Gasteiger partial charge in [0.2, 0.25) is 0 Å². The molecule has 16 heavy (non-hydrogen) atoms. The van der Waals surface area contributed by atoms with E-state index in [2.05, 4.69) is 19.2 Å². The van der Waals surface area contributed by atoms with Gasteiger partial charge in [0, 0.05) is 17.1 Å². The summed E-state index contributed by atoms with van der Waals surface area (Å²) in [5, 5.41) is 13.2. The summed E-state index contributed by atoms with van der Waals surface area (Å²) < 4.78 is 13.4. The number of halogens is 2. The molecule has 0 saturated heterocycles. The SMILES string of the molecule is CC(C)CNCC(O)c1ccc(Cl)cc1F. The van der Waals surface area contributed by atoms with Crippen LogP contribution in [0, 0.1) is 11.7 Å². The topological polar surface area (TPSA) is 32.3 Å². The van der Waals surface area contributed by atoms with Crippen LogP contribution in [0.4, 0.5) is 4.39 Å². The van der Waals surface area contributed by atoms with E-state index in [0.717, 1.165) is 6.54 Å². The molecule has 0 spiro atoms. The summed E-state index contributed by atoms with van der Waals surface area (Å²) in [5.74, 6) is 0.0358. The molecule has 1 rings (SSSR count). The fourth-order valence-corrected chi connectivity index (χ4v) is 1.55. The quantitative estimate of drug-likeness (QED) is 0.836. The van der Waals surface area contributed by atoms with E-state index in [0.29, 0.717) is 17.5 Å². The first-order chi connectivity index (χ1) is 7.50. The number of aliphatic hydroxyl groups is 1. The first kappa shape index (κ1) is 13.4. The van der Waals surface area contributed by atoms with Crippen LogP contribution < -0.4 is 5.32 Å². The van der Waals surface area contributed by atoms with Crippen LogP contribution in [0.2, 0.25) is 5.02 Å². The molecule has 0 amide bonds. The minimum Gasteiger partial charge on any atom is -0.387 e. The summed E-state index contributed by atoms with van der Waals surface area (Å²) >= 11 is 5.63. The Morgan fingerprint density at radius 3 is 2.62 bits per heavy atom. The molecular weight excluding hydrogens is 229 g/mol. The van der Waals surface area contributed by atoms with Crippen molar-refractivity contribution in [3.05, 3.63) is 34.6 Å². The van der Waals surface area contributed by atoms with Gasteiger partial charge in [-0.2, -0.15) is 0 Å². The van der Waals surface area contributed by atoms with Gasteiger partial charge in [0.25, 0.3) is 0 Å². The van der Waals surface area contributed by atoms with E-state index in [4.69, 9.17) is 11.6 Å². The van der Waals surface area contributed by atoms with Crippen molar-refractivity contribution < 1.29 is 9.50 Å². The second-order valence-corrected chi connectivity index (χ2v) is 4.67. The van der Waals surface area contributed by atoms with E-state index in [9.17, 15) is 9.50 Å². The zero-order chi connectivity index (χ0) is 12.1. The summed E-state index contributed by atoms with van der Waals surface area (Å²) in [7, 11) is 0. The predicted molar refractivity (Wildman–Crippen MR) is 64.1 cm³/mol. The second kappa shape index (κ2) is 6.18. The van der Waals surface area contributed by atoms with Crippen molar-refractivity contribution in [3.8, 4) is 0 Å². The van der Waals surface area contributed by atoms with Gasteiger partial charge < -0.3 is 10.4 Å². The van der Waals surface area contributed by atoms with Crippen molar-refractivity contribution in [2.75, 3.05) is 13.1 Å². The Kier molecular flexibility index (Phi) is 5.19. The largest absolute Gasteiger partial charge is 0.387 e. The van der Waals surface area contributed by atoms with E-state index in [1.54, 1.807) is 6.07 Å². The van der Waals surface area contributed by atoms with E-state index >= 15 is 0 Å². The summed E-state index contributed by atoms with van der Waals surface area (Å²) in [5.41, 5.74) is 0.278. The van der Waals surface area contributed by atoms with Gasteiger partial charge in [0.05, 0.1) is 6.10 Å². The molecule has 0 aromatic heterocycles. The van der Waals surface area contributed by atoms with Crippen molar-refractivity contribution in [1.29, 1.82) is 0 Å². The highest BCUT2D eigenvalue weighted by Crippen LogP contribution is 2.20. The third kappa shape index (κ3) is 4.08. The number of rotatable bonds is 5. The van der Waals surface area contributed by atoms with Crippen LogP contribution in [-0.2, 0) is 0 Å². The molecule has 0 bridgehead atoms. The molecule has 0 radical (unpaired) electrons. The fourth-order valence-electron chi connectivity index (χ4n) is 1.39. The maximum atomic E-state index is 13.4. The maximum absolute atomic E-state index is 13.4. The van der Waals surface area contributed by atoms with Crippen molar-refractivity contribution in [3.63, 3.8) is 0 Å². The molecule has 2 nitrogen and oxygen atoms in total. The lowest BCUT2D eigenvalue weighted by Gasteiger charge is -2.14. The Labute approximate surface area is 100 Å². The molecule has 1 aromatic rings. The number of hydrogen-bond acceptors (Lipinski definition) is 2. The first-order valence-corrected chi connectivity index (χ1v) is 5.72. The zero-order valence-electron chi connectivity index (χ0n) is 9.50. The molecule has 1 atom stereocenters. The highest BCUT2D eigenvalue weighted by Gasteiger charge is 2.12. The van der Waals surface area contributed by atoms with Gasteiger partial charge in [-0.3, -0.25) is 0 Å². The molecule has 0 fully saturated rings. The van der Waals surface area contributed by atoms with Crippen molar-refractivity contribution in [2.45, 2.75) is 20.0 Å². The monoisotopic (exact) mass is 245 g/mol. The lowest BCUT2D eigenvalue weighted by atomic mass is 10.1. The lowest BCUT2D eigenvalue weighted by Crippen LogP contribution is -2.25. The average molecular weight is 246 g/mol. The molecule has 0 saturated carbocycles. The minimum atomic E-state index is -0.837. The molecule has 2 N–H and O–H groups in total. The van der Waals surface area contributed by atoms with Crippen molar-refractivity contribution in [1.82, 2.24) is 5.32 Å². The normalized spacial score (nSPS) is 13.1. The summed E-state index contributed by atoms with van der Waals surface area (Å²) in [6.07, 6.45) is -0.837. The molecule has 90 valence electrons. The summed E-state index contributed by atoms with van der Waals surface area (Å²) in [6.45, 7) is 5.29. The number of aliphatic hydroxyl groups excluding tert-OH is 1. The van der Waals surface area contributed by atoms with Gasteiger partial charge in [-0.1, -0.05) is 31.5 Å². The average Bonchev–Trinajstić information content (AvgIpc) is 2.16. The molecule has 0 heterocycles. The number of nitrogens with one attached hydrogen (secondary N) is 1. The Balaban J connectivity index is 2.55. The molecule has 1 unspecified atom stereocenters. The van der Waals surface area contributed by atoms with Gasteiger partial charge in [0.1, 0.15) is 5.82 Å². The van der Waals surface area contributed by atoms with E-state index < -0.39 is 11.9 Å². The van der Waals surface area contributed by atoms with Gasteiger partial charge in [-0.15, -0.1) is 0 Å². The van der Waals surface area contributed by atoms with E-state index in [1.165, 1.54) is 12.1 Å². The molecule has 0 aliphatic carbocycles. The Morgan fingerprint density at radius 1 is 1.38 bits per heavy atom. The summed E-state index contributed by atoms with van der Waals surface area (Å²) in [6, 6.07) is 4.30. The maximum Gasteiger partial charge on any atom is 0.130 e. The van der Waals surface area contributed by atoms with Crippen molar-refractivity contribution in [2.24, 2.45) is 5.92 Å². The van der Waals surface area contributed by atoms with Crippen LogP contribution in [0.5, 0.6) is 0 Å². The van der Waals surface area contributed by atoms with E-state index in [1.807, 2.05) is 0 Å². The van der Waals surface area contributed by atoms with Gasteiger partial charge >= 0.3 is 0 Å². The number of benzene rings is 1. The van der Waals surface area contributed by atoms with E-state index in [-0.39, 0.29) is 5.56 Å². The summed E-state index contributed by atoms with van der Waals surface area (Å²) in [4.78, 5) is 0. The molecule has 0 aliphatic rings. The van der Waals surface area contributed by atoms with Crippen LogP contribution in [-0.4, -0.2) is 18.2 Å². The standard InChI is InChI=1S/C12H17ClFNO/c1-8(2)6-15-7-12(16)10-4-3-9(13)5-11(10)14/h3-5,8,12,15-16H,6-7H2,1-2H3. The Hall–Kier alpha value is -0.640. The van der Waals surface area contributed by atoms with Crippen LogP contribution in [0.15, 0.2) is 18.2 Å². The van der Waals surface area contributed by atoms with Crippen LogP contribution in [0.25, 0.3) is 0 Å². The lowest BCUT2D eigenvalue weighted by molar-refractivity contribution is 0.169. The van der Waals surface area contributed by atoms with Gasteiger partial charge in [-0.05, 0) is 24.6 Å². The molecule has 1 aromatic carbocycles. The van der Waals surface area contributed by atoms with Gasteiger partial charge in [0.15, 0.2) is 0 Å². The fraction of sp³-hybridized carbons (Fsp3) is 0.500. The van der Waals surface area contributed by atoms with Crippen molar-refractivity contribution >= 4 is 11.6 Å². The predicted octanol–water partition coefficient (Wildman–Crippen LogP) is 2.76. The smallest absolute Gasteiger partial charge is 0.130 e. The van der Waals surface area contributed by atoms with Crippen LogP contribution >= 0.6 is 11.6 Å².